The van der Waals surface area contributed by atoms with Crippen molar-refractivity contribution in [3.05, 3.63) is 69.1 Å². The fourth-order valence-corrected chi connectivity index (χ4v) is 5.44. The lowest BCUT2D eigenvalue weighted by Gasteiger charge is -2.25. The lowest BCUT2D eigenvalue weighted by molar-refractivity contribution is -0.119. The van der Waals surface area contributed by atoms with E-state index in [9.17, 15) is 19.5 Å². The van der Waals surface area contributed by atoms with E-state index in [0.29, 0.717) is 57.4 Å². The SMILES string of the molecule is O=C1CCC(CN(CCN2Cc3cc(-c4cccc(-c5ccnc(Cl)c5Cl)c4Cl)ncc3C2=O)C(=O)O)N1. The fourth-order valence-electron chi connectivity index (χ4n) is 4.75. The number of hydrogen-bond donors (Lipinski definition) is 2. The number of hydrogen-bond acceptors (Lipinski definition) is 5. The molecular weight excluding hydrogens is 553 g/mol. The first-order valence-electron chi connectivity index (χ1n) is 11.9. The third-order valence-corrected chi connectivity index (χ3v) is 7.89. The molecule has 2 aliphatic rings. The van der Waals surface area contributed by atoms with Crippen molar-refractivity contribution in [1.82, 2.24) is 25.1 Å². The third kappa shape index (κ3) is 5.14. The molecule has 38 heavy (non-hydrogen) atoms. The Hall–Kier alpha value is -3.40. The Balaban J connectivity index is 1.33. The average Bonchev–Trinajstić information content (AvgIpc) is 3.45. The zero-order chi connectivity index (χ0) is 27.0. The van der Waals surface area contributed by atoms with Crippen molar-refractivity contribution in [3.8, 4) is 22.4 Å². The van der Waals surface area contributed by atoms with Crippen LogP contribution in [0.1, 0.15) is 28.8 Å². The molecule has 4 heterocycles. The Morgan fingerprint density at radius 2 is 1.84 bits per heavy atom. The second-order valence-corrected chi connectivity index (χ2v) is 10.2. The minimum Gasteiger partial charge on any atom is -0.465 e. The number of halogens is 3. The molecule has 2 N–H and O–H groups in total. The highest BCUT2D eigenvalue weighted by molar-refractivity contribution is 6.43. The van der Waals surface area contributed by atoms with Crippen LogP contribution in [-0.4, -0.2) is 68.5 Å². The molecule has 2 aromatic heterocycles. The molecule has 0 bridgehead atoms. The minimum atomic E-state index is -1.09. The summed E-state index contributed by atoms with van der Waals surface area (Å²) < 4.78 is 0. The molecule has 3 amide bonds. The molecule has 0 aliphatic carbocycles. The largest absolute Gasteiger partial charge is 0.465 e. The van der Waals surface area contributed by atoms with Gasteiger partial charge in [0.25, 0.3) is 5.91 Å². The highest BCUT2D eigenvalue weighted by Gasteiger charge is 2.30. The van der Waals surface area contributed by atoms with Gasteiger partial charge in [-0.05, 0) is 24.1 Å². The highest BCUT2D eigenvalue weighted by Crippen LogP contribution is 2.40. The van der Waals surface area contributed by atoms with E-state index in [1.165, 1.54) is 11.1 Å². The summed E-state index contributed by atoms with van der Waals surface area (Å²) in [6, 6.07) is 8.83. The predicted molar refractivity (Wildman–Crippen MR) is 143 cm³/mol. The summed E-state index contributed by atoms with van der Waals surface area (Å²) in [5.74, 6) is -0.288. The zero-order valence-electron chi connectivity index (χ0n) is 20.0. The number of pyridine rings is 2. The van der Waals surface area contributed by atoms with Crippen LogP contribution in [0, 0.1) is 0 Å². The van der Waals surface area contributed by atoms with Crippen molar-refractivity contribution in [2.45, 2.75) is 25.4 Å². The van der Waals surface area contributed by atoms with Crippen LogP contribution in [-0.2, 0) is 11.3 Å². The van der Waals surface area contributed by atoms with Gasteiger partial charge in [-0.1, -0.05) is 53.0 Å². The van der Waals surface area contributed by atoms with Crippen molar-refractivity contribution in [3.63, 3.8) is 0 Å². The first kappa shape index (κ1) is 26.2. The number of amides is 3. The molecular formula is C26H22Cl3N5O4. The average molecular weight is 575 g/mol. The number of nitrogens with one attached hydrogen (secondary N) is 1. The van der Waals surface area contributed by atoms with Crippen LogP contribution in [0.2, 0.25) is 15.2 Å². The molecule has 1 fully saturated rings. The maximum absolute atomic E-state index is 13.0. The Kier molecular flexibility index (Phi) is 7.43. The van der Waals surface area contributed by atoms with Gasteiger partial charge in [0.05, 0.1) is 21.3 Å². The molecule has 0 radical (unpaired) electrons. The van der Waals surface area contributed by atoms with E-state index in [-0.39, 0.29) is 42.6 Å². The van der Waals surface area contributed by atoms with Crippen LogP contribution >= 0.6 is 34.8 Å². The second kappa shape index (κ2) is 10.8. The van der Waals surface area contributed by atoms with Gasteiger partial charge in [-0.3, -0.25) is 14.6 Å². The Morgan fingerprint density at radius 3 is 2.58 bits per heavy atom. The smallest absolute Gasteiger partial charge is 0.407 e. The summed E-state index contributed by atoms with van der Waals surface area (Å²) in [4.78, 5) is 47.5. The fraction of sp³-hybridized carbons (Fsp3) is 0.269. The van der Waals surface area contributed by atoms with Gasteiger partial charge in [-0.2, -0.15) is 0 Å². The van der Waals surface area contributed by atoms with Gasteiger partial charge in [0, 0.05) is 67.7 Å². The molecule has 12 heteroatoms. The van der Waals surface area contributed by atoms with E-state index in [2.05, 4.69) is 15.3 Å². The van der Waals surface area contributed by atoms with Crippen molar-refractivity contribution < 1.29 is 19.5 Å². The van der Waals surface area contributed by atoms with Crippen molar-refractivity contribution >= 4 is 52.7 Å². The summed E-state index contributed by atoms with van der Waals surface area (Å²) in [5, 5.41) is 13.3. The molecule has 196 valence electrons. The van der Waals surface area contributed by atoms with Crippen LogP contribution in [0.25, 0.3) is 22.4 Å². The van der Waals surface area contributed by atoms with E-state index >= 15 is 0 Å². The van der Waals surface area contributed by atoms with E-state index in [1.807, 2.05) is 24.3 Å². The molecule has 1 saturated heterocycles. The standard InChI is InChI=1S/C26H22Cl3N5O4/c27-22-16(17-6-7-30-24(29)23(17)28)2-1-3-18(22)20-10-14-12-33(25(36)19(14)11-31-20)8-9-34(26(37)38)13-15-4-5-21(35)32-15/h1-3,6-7,10-11,15H,4-5,8-9,12-13H2,(H,32,35)(H,37,38). The summed E-state index contributed by atoms with van der Waals surface area (Å²) in [6.07, 6.45) is 2.97. The molecule has 9 nitrogen and oxygen atoms in total. The first-order valence-corrected chi connectivity index (χ1v) is 13.0. The normalized spacial score (nSPS) is 16.5. The van der Waals surface area contributed by atoms with E-state index in [1.54, 1.807) is 17.2 Å². The van der Waals surface area contributed by atoms with Crippen molar-refractivity contribution in [2.24, 2.45) is 0 Å². The third-order valence-electron chi connectivity index (χ3n) is 6.72. The summed E-state index contributed by atoms with van der Waals surface area (Å²) >= 11 is 19.2. The quantitative estimate of drug-likeness (QED) is 0.384. The summed E-state index contributed by atoms with van der Waals surface area (Å²) in [5.41, 5.74) is 3.81. The monoisotopic (exact) mass is 573 g/mol. The summed E-state index contributed by atoms with van der Waals surface area (Å²) in [7, 11) is 0. The maximum Gasteiger partial charge on any atom is 0.407 e. The first-order chi connectivity index (χ1) is 18.2. The Labute approximate surface area is 233 Å². The molecule has 5 rings (SSSR count). The minimum absolute atomic E-state index is 0.0767. The van der Waals surface area contributed by atoms with E-state index in [4.69, 9.17) is 34.8 Å². The van der Waals surface area contributed by atoms with Gasteiger partial charge in [0.1, 0.15) is 5.15 Å². The lowest BCUT2D eigenvalue weighted by atomic mass is 10.0. The number of aromatic nitrogens is 2. The number of carboxylic acid groups (broad SMARTS) is 1. The number of carbonyl (C=O) groups excluding carboxylic acids is 2. The number of carbonyl (C=O) groups is 3. The van der Waals surface area contributed by atoms with E-state index < -0.39 is 6.09 Å². The van der Waals surface area contributed by atoms with Gasteiger partial charge in [0.2, 0.25) is 5.91 Å². The van der Waals surface area contributed by atoms with Crippen LogP contribution in [0.5, 0.6) is 0 Å². The van der Waals surface area contributed by atoms with E-state index in [0.717, 1.165) is 5.56 Å². The van der Waals surface area contributed by atoms with Crippen molar-refractivity contribution in [1.29, 1.82) is 0 Å². The molecule has 0 saturated carbocycles. The lowest BCUT2D eigenvalue weighted by Crippen LogP contribution is -2.44. The molecule has 1 atom stereocenters. The molecule has 1 unspecified atom stereocenters. The second-order valence-electron chi connectivity index (χ2n) is 9.12. The molecule has 1 aromatic carbocycles. The van der Waals surface area contributed by atoms with Gasteiger partial charge in [-0.25, -0.2) is 9.78 Å². The van der Waals surface area contributed by atoms with Crippen LogP contribution in [0.15, 0.2) is 42.7 Å². The van der Waals surface area contributed by atoms with Gasteiger partial charge in [0.15, 0.2) is 0 Å². The number of rotatable bonds is 7. The molecule has 3 aromatic rings. The molecule has 0 spiro atoms. The topological polar surface area (TPSA) is 116 Å². The number of nitrogens with zero attached hydrogens (tertiary/aromatic N) is 4. The van der Waals surface area contributed by atoms with Gasteiger partial charge < -0.3 is 20.2 Å². The predicted octanol–water partition coefficient (Wildman–Crippen LogP) is 4.99. The summed E-state index contributed by atoms with van der Waals surface area (Å²) in [6.45, 7) is 0.849. The number of fused-ring (bicyclic) bond motifs is 1. The van der Waals surface area contributed by atoms with Gasteiger partial charge >= 0.3 is 6.09 Å². The molecule has 2 aliphatic heterocycles. The highest BCUT2D eigenvalue weighted by atomic mass is 35.5. The van der Waals surface area contributed by atoms with Gasteiger partial charge in [-0.15, -0.1) is 0 Å². The van der Waals surface area contributed by atoms with Crippen LogP contribution in [0.4, 0.5) is 4.79 Å². The Morgan fingerprint density at radius 1 is 1.08 bits per heavy atom. The zero-order valence-corrected chi connectivity index (χ0v) is 22.2. The van der Waals surface area contributed by atoms with Crippen molar-refractivity contribution in [2.75, 3.05) is 19.6 Å². The van der Waals surface area contributed by atoms with Crippen LogP contribution < -0.4 is 5.32 Å². The maximum atomic E-state index is 13.0. The number of benzene rings is 1. The van der Waals surface area contributed by atoms with Crippen LogP contribution in [0.3, 0.4) is 0 Å². The Bertz CT molecular complexity index is 1450.